The van der Waals surface area contributed by atoms with E-state index in [1.54, 1.807) is 20.4 Å². The monoisotopic (exact) mass is 366 g/mol. The van der Waals surface area contributed by atoms with E-state index < -0.39 is 11.7 Å². The molecule has 2 aromatic rings. The molecule has 140 valence electrons. The van der Waals surface area contributed by atoms with E-state index in [1.807, 2.05) is 24.1 Å². The summed E-state index contributed by atoms with van der Waals surface area (Å²) < 4.78 is 43.0. The number of rotatable bonds is 5. The zero-order chi connectivity index (χ0) is 19.2. The number of aromatic nitrogens is 1. The Morgan fingerprint density at radius 2 is 1.88 bits per heavy atom. The number of pyridine rings is 1. The zero-order valence-electron chi connectivity index (χ0n) is 14.8. The molecule has 0 aliphatic rings. The number of hydrogen-bond donors (Lipinski definition) is 1. The minimum Gasteiger partial charge on any atom is -0.481 e. The number of guanidine groups is 1. The Bertz CT molecular complexity index is 745. The fraction of sp³-hybridized carbons (Fsp3) is 0.333. The summed E-state index contributed by atoms with van der Waals surface area (Å²) in [7, 11) is 5.02. The second-order valence-corrected chi connectivity index (χ2v) is 5.66. The maximum atomic E-state index is 12.6. The molecule has 0 saturated carbocycles. The molecule has 8 heteroatoms. The Morgan fingerprint density at radius 3 is 2.46 bits per heavy atom. The molecule has 1 aromatic heterocycles. The lowest BCUT2D eigenvalue weighted by Crippen LogP contribution is -2.38. The Morgan fingerprint density at radius 1 is 1.19 bits per heavy atom. The van der Waals surface area contributed by atoms with E-state index in [4.69, 9.17) is 4.74 Å². The smallest absolute Gasteiger partial charge is 0.416 e. The summed E-state index contributed by atoms with van der Waals surface area (Å²) in [5.74, 6) is 1.15. The minimum atomic E-state index is -4.33. The highest BCUT2D eigenvalue weighted by atomic mass is 19.4. The third-order valence-electron chi connectivity index (χ3n) is 3.73. The Balaban J connectivity index is 1.96. The second-order valence-electron chi connectivity index (χ2n) is 5.66. The molecular formula is C18H21F3N4O. The average Bonchev–Trinajstić information content (AvgIpc) is 2.62. The van der Waals surface area contributed by atoms with Crippen LogP contribution in [0.5, 0.6) is 5.88 Å². The quantitative estimate of drug-likeness (QED) is 0.652. The van der Waals surface area contributed by atoms with Gasteiger partial charge in [0.1, 0.15) is 0 Å². The number of methoxy groups -OCH3 is 1. The van der Waals surface area contributed by atoms with Gasteiger partial charge >= 0.3 is 6.18 Å². The number of nitrogens with zero attached hydrogens (tertiary/aromatic N) is 3. The summed E-state index contributed by atoms with van der Waals surface area (Å²) in [5.41, 5.74) is 1.08. The van der Waals surface area contributed by atoms with Crippen LogP contribution in [-0.4, -0.2) is 37.0 Å². The molecule has 0 aliphatic heterocycles. The van der Waals surface area contributed by atoms with Gasteiger partial charge in [0, 0.05) is 39.4 Å². The zero-order valence-corrected chi connectivity index (χ0v) is 14.8. The van der Waals surface area contributed by atoms with Crippen molar-refractivity contribution in [1.82, 2.24) is 15.2 Å². The molecule has 0 radical (unpaired) electrons. The third-order valence-corrected chi connectivity index (χ3v) is 3.73. The number of nitrogens with one attached hydrogen (secondary N) is 1. The molecule has 5 nitrogen and oxygen atoms in total. The van der Waals surface area contributed by atoms with Gasteiger partial charge in [-0.1, -0.05) is 12.1 Å². The molecule has 0 fully saturated rings. The summed E-state index contributed by atoms with van der Waals surface area (Å²) in [6, 6.07) is 8.79. The van der Waals surface area contributed by atoms with Crippen molar-refractivity contribution < 1.29 is 17.9 Å². The summed E-state index contributed by atoms with van der Waals surface area (Å²) in [5, 5.41) is 3.21. The van der Waals surface area contributed by atoms with Crippen LogP contribution >= 0.6 is 0 Å². The molecule has 1 aromatic carbocycles. The number of alkyl halides is 3. The summed E-state index contributed by atoms with van der Waals surface area (Å²) >= 11 is 0. The van der Waals surface area contributed by atoms with E-state index >= 15 is 0 Å². The number of aliphatic imine (C=N–C) groups is 1. The summed E-state index contributed by atoms with van der Waals surface area (Å²) in [6.45, 7) is 0.945. The second kappa shape index (κ2) is 8.55. The SMILES string of the molecule is CN=C(NCc1ccnc(OC)c1)N(C)Cc1ccc(C(F)(F)F)cc1. The Kier molecular flexibility index (Phi) is 6.43. The van der Waals surface area contributed by atoms with Gasteiger partial charge in [-0.3, -0.25) is 4.99 Å². The van der Waals surface area contributed by atoms with Crippen molar-refractivity contribution in [3.8, 4) is 5.88 Å². The van der Waals surface area contributed by atoms with Gasteiger partial charge in [0.25, 0.3) is 0 Å². The summed E-state index contributed by atoms with van der Waals surface area (Å²) in [6.07, 6.45) is -2.67. The predicted molar refractivity (Wildman–Crippen MR) is 93.9 cm³/mol. The highest BCUT2D eigenvalue weighted by Gasteiger charge is 2.29. The first kappa shape index (κ1) is 19.6. The standard InChI is InChI=1S/C18H21F3N4O/c1-22-17(24-11-14-8-9-23-16(10-14)26-3)25(2)12-13-4-6-15(7-5-13)18(19,20)21/h4-10H,11-12H2,1-3H3,(H,22,24). The molecule has 1 heterocycles. The van der Waals surface area contributed by atoms with E-state index in [-0.39, 0.29) is 0 Å². The lowest BCUT2D eigenvalue weighted by molar-refractivity contribution is -0.137. The van der Waals surface area contributed by atoms with Crippen molar-refractivity contribution in [3.05, 3.63) is 59.3 Å². The van der Waals surface area contributed by atoms with Crippen LogP contribution in [0.1, 0.15) is 16.7 Å². The highest BCUT2D eigenvalue weighted by molar-refractivity contribution is 5.79. The van der Waals surface area contributed by atoms with Gasteiger partial charge in [-0.15, -0.1) is 0 Å². The average molecular weight is 366 g/mol. The molecule has 0 bridgehead atoms. The molecule has 26 heavy (non-hydrogen) atoms. The predicted octanol–water partition coefficient (Wildman–Crippen LogP) is 3.32. The van der Waals surface area contributed by atoms with Crippen LogP contribution in [0, 0.1) is 0 Å². The first-order valence-electron chi connectivity index (χ1n) is 7.90. The van der Waals surface area contributed by atoms with Gasteiger partial charge in [-0.05, 0) is 29.3 Å². The van der Waals surface area contributed by atoms with Gasteiger partial charge in [-0.2, -0.15) is 13.2 Å². The maximum absolute atomic E-state index is 12.6. The van der Waals surface area contributed by atoms with Gasteiger partial charge in [0.15, 0.2) is 5.96 Å². The van der Waals surface area contributed by atoms with Crippen LogP contribution in [0.2, 0.25) is 0 Å². The van der Waals surface area contributed by atoms with Crippen LogP contribution < -0.4 is 10.1 Å². The minimum absolute atomic E-state index is 0.428. The third kappa shape index (κ3) is 5.37. The van der Waals surface area contributed by atoms with Crippen molar-refractivity contribution in [2.24, 2.45) is 4.99 Å². The van der Waals surface area contributed by atoms with E-state index in [9.17, 15) is 13.2 Å². The number of hydrogen-bond acceptors (Lipinski definition) is 3. The van der Waals surface area contributed by atoms with Crippen molar-refractivity contribution in [2.45, 2.75) is 19.3 Å². The topological polar surface area (TPSA) is 49.8 Å². The Labute approximate surface area is 150 Å². The molecule has 0 saturated heterocycles. The van der Waals surface area contributed by atoms with Gasteiger partial charge in [0.2, 0.25) is 5.88 Å². The fourth-order valence-electron chi connectivity index (χ4n) is 2.39. The van der Waals surface area contributed by atoms with Gasteiger partial charge in [-0.25, -0.2) is 4.98 Å². The van der Waals surface area contributed by atoms with Crippen LogP contribution in [0.15, 0.2) is 47.6 Å². The van der Waals surface area contributed by atoms with Crippen molar-refractivity contribution in [2.75, 3.05) is 21.2 Å². The lowest BCUT2D eigenvalue weighted by atomic mass is 10.1. The first-order chi connectivity index (χ1) is 12.3. The van der Waals surface area contributed by atoms with Crippen molar-refractivity contribution in [3.63, 3.8) is 0 Å². The maximum Gasteiger partial charge on any atom is 0.416 e. The lowest BCUT2D eigenvalue weighted by Gasteiger charge is -2.22. The normalized spacial score (nSPS) is 12.0. The molecule has 0 aliphatic carbocycles. The molecule has 0 amide bonds. The fourth-order valence-corrected chi connectivity index (χ4v) is 2.39. The van der Waals surface area contributed by atoms with Crippen molar-refractivity contribution in [1.29, 1.82) is 0 Å². The van der Waals surface area contributed by atoms with Crippen molar-refractivity contribution >= 4 is 5.96 Å². The number of halogens is 3. The largest absolute Gasteiger partial charge is 0.481 e. The van der Waals surface area contributed by atoms with Crippen LogP contribution in [0.4, 0.5) is 13.2 Å². The molecule has 0 spiro atoms. The van der Waals surface area contributed by atoms with Crippen LogP contribution in [0.3, 0.4) is 0 Å². The molecular weight excluding hydrogens is 345 g/mol. The van der Waals surface area contributed by atoms with E-state index in [2.05, 4.69) is 15.3 Å². The van der Waals surface area contributed by atoms with E-state index in [0.29, 0.717) is 24.9 Å². The van der Waals surface area contributed by atoms with E-state index in [1.165, 1.54) is 12.1 Å². The molecule has 2 rings (SSSR count). The number of benzene rings is 1. The van der Waals surface area contributed by atoms with Gasteiger partial charge < -0.3 is 15.0 Å². The molecule has 1 N–H and O–H groups in total. The van der Waals surface area contributed by atoms with Crippen LogP contribution in [0.25, 0.3) is 0 Å². The molecule has 0 unspecified atom stereocenters. The number of ether oxygens (including phenoxy) is 1. The van der Waals surface area contributed by atoms with Gasteiger partial charge in [0.05, 0.1) is 12.7 Å². The molecule has 0 atom stereocenters. The van der Waals surface area contributed by atoms with Crippen LogP contribution in [-0.2, 0) is 19.3 Å². The summed E-state index contributed by atoms with van der Waals surface area (Å²) in [4.78, 5) is 10.1. The first-order valence-corrected chi connectivity index (χ1v) is 7.90. The Hall–Kier alpha value is -2.77. The van der Waals surface area contributed by atoms with E-state index in [0.717, 1.165) is 23.3 Å². The highest BCUT2D eigenvalue weighted by Crippen LogP contribution is 2.29.